The third kappa shape index (κ3) is 6.47. The molecule has 2 aromatic carbocycles. The Kier molecular flexibility index (Phi) is 6.71. The normalized spacial score (nSPS) is 10.1. The zero-order valence-electron chi connectivity index (χ0n) is 13.7. The summed E-state index contributed by atoms with van der Waals surface area (Å²) in [6.45, 7) is 0.538. The van der Waals surface area contributed by atoms with Crippen molar-refractivity contribution < 1.29 is 19.5 Å². The maximum Gasteiger partial charge on any atom is 0.303 e. The fourth-order valence-electron chi connectivity index (χ4n) is 2.22. The molecule has 3 N–H and O–H groups in total. The fraction of sp³-hybridized carbons (Fsp3) is 0.211. The minimum Gasteiger partial charge on any atom is -0.481 e. The Morgan fingerprint density at radius 2 is 1.56 bits per heavy atom. The molecule has 0 aliphatic heterocycles. The lowest BCUT2D eigenvalue weighted by atomic mass is 10.1. The van der Waals surface area contributed by atoms with E-state index in [1.165, 1.54) is 0 Å². The number of carbonyl (C=O) groups is 3. The second-order valence-corrected chi connectivity index (χ2v) is 5.51. The van der Waals surface area contributed by atoms with Crippen molar-refractivity contribution in [1.29, 1.82) is 0 Å². The second-order valence-electron chi connectivity index (χ2n) is 5.51. The lowest BCUT2D eigenvalue weighted by Crippen LogP contribution is -2.25. The van der Waals surface area contributed by atoms with E-state index in [1.54, 1.807) is 24.3 Å². The Bertz CT molecular complexity index is 727. The van der Waals surface area contributed by atoms with Crippen molar-refractivity contribution in [2.24, 2.45) is 0 Å². The van der Waals surface area contributed by atoms with E-state index in [1.807, 2.05) is 30.3 Å². The first kappa shape index (κ1) is 18.2. The highest BCUT2D eigenvalue weighted by Gasteiger charge is 2.08. The first-order valence-electron chi connectivity index (χ1n) is 7.98. The molecule has 0 saturated carbocycles. The summed E-state index contributed by atoms with van der Waals surface area (Å²) < 4.78 is 0. The number of hydrogen-bond acceptors (Lipinski definition) is 3. The lowest BCUT2D eigenvalue weighted by Gasteiger charge is -2.07. The Balaban J connectivity index is 1.79. The molecule has 0 unspecified atom stereocenters. The maximum atomic E-state index is 12.1. The molecule has 0 saturated heterocycles. The number of anilines is 1. The van der Waals surface area contributed by atoms with Crippen molar-refractivity contribution in [3.05, 3.63) is 65.7 Å². The SMILES string of the molecule is O=C(O)CCC(=O)Nc1ccc(C(=O)NCCc2ccccc2)cc1. The van der Waals surface area contributed by atoms with E-state index in [2.05, 4.69) is 10.6 Å². The molecular formula is C19H20N2O4. The molecule has 2 aromatic rings. The van der Waals surface area contributed by atoms with Crippen LogP contribution in [0.1, 0.15) is 28.8 Å². The summed E-state index contributed by atoms with van der Waals surface area (Å²) in [6.07, 6.45) is 0.453. The van der Waals surface area contributed by atoms with Gasteiger partial charge >= 0.3 is 5.97 Å². The molecule has 2 amide bonds. The highest BCUT2D eigenvalue weighted by molar-refractivity contribution is 5.96. The van der Waals surface area contributed by atoms with Gasteiger partial charge in [-0.3, -0.25) is 14.4 Å². The van der Waals surface area contributed by atoms with Gasteiger partial charge in [0.15, 0.2) is 0 Å². The first-order chi connectivity index (χ1) is 12.0. The minimum absolute atomic E-state index is 0.0863. The molecule has 0 bridgehead atoms. The van der Waals surface area contributed by atoms with E-state index in [0.29, 0.717) is 17.8 Å². The number of hydrogen-bond donors (Lipinski definition) is 3. The van der Waals surface area contributed by atoms with Gasteiger partial charge in [0, 0.05) is 24.2 Å². The van der Waals surface area contributed by atoms with Gasteiger partial charge in [-0.05, 0) is 36.2 Å². The summed E-state index contributed by atoms with van der Waals surface area (Å²) in [6, 6.07) is 16.3. The average Bonchev–Trinajstić information content (AvgIpc) is 2.61. The number of amides is 2. The quantitative estimate of drug-likeness (QED) is 0.688. The lowest BCUT2D eigenvalue weighted by molar-refractivity contribution is -0.138. The molecule has 0 fully saturated rings. The van der Waals surface area contributed by atoms with Gasteiger partial charge in [0.2, 0.25) is 5.91 Å². The maximum absolute atomic E-state index is 12.1. The molecule has 0 aliphatic rings. The first-order valence-corrected chi connectivity index (χ1v) is 7.98. The number of aliphatic carboxylic acids is 1. The summed E-state index contributed by atoms with van der Waals surface area (Å²) in [7, 11) is 0. The van der Waals surface area contributed by atoms with Crippen LogP contribution in [-0.2, 0) is 16.0 Å². The zero-order chi connectivity index (χ0) is 18.1. The fourth-order valence-corrected chi connectivity index (χ4v) is 2.22. The van der Waals surface area contributed by atoms with Crippen molar-refractivity contribution in [3.63, 3.8) is 0 Å². The molecule has 130 valence electrons. The highest BCUT2D eigenvalue weighted by Crippen LogP contribution is 2.10. The number of benzene rings is 2. The van der Waals surface area contributed by atoms with Gasteiger partial charge < -0.3 is 15.7 Å². The third-order valence-electron chi connectivity index (χ3n) is 3.54. The molecule has 0 radical (unpaired) electrons. The van der Waals surface area contributed by atoms with E-state index in [9.17, 15) is 14.4 Å². The average molecular weight is 340 g/mol. The largest absolute Gasteiger partial charge is 0.481 e. The summed E-state index contributed by atoms with van der Waals surface area (Å²) in [4.78, 5) is 34.1. The molecule has 0 heterocycles. The summed E-state index contributed by atoms with van der Waals surface area (Å²) >= 11 is 0. The predicted molar refractivity (Wildman–Crippen MR) is 94.4 cm³/mol. The number of carbonyl (C=O) groups excluding carboxylic acids is 2. The van der Waals surface area contributed by atoms with E-state index in [4.69, 9.17) is 5.11 Å². The molecule has 25 heavy (non-hydrogen) atoms. The van der Waals surface area contributed by atoms with Gasteiger partial charge in [0.25, 0.3) is 5.91 Å². The monoisotopic (exact) mass is 340 g/mol. The molecule has 2 rings (SSSR count). The van der Waals surface area contributed by atoms with Crippen molar-refractivity contribution in [2.45, 2.75) is 19.3 Å². The van der Waals surface area contributed by atoms with Crippen LogP contribution in [0.2, 0.25) is 0 Å². The van der Waals surface area contributed by atoms with Crippen LogP contribution in [0.3, 0.4) is 0 Å². The Labute approximate surface area is 145 Å². The molecule has 0 aromatic heterocycles. The number of nitrogens with one attached hydrogen (secondary N) is 2. The molecule has 6 heteroatoms. The van der Waals surface area contributed by atoms with Gasteiger partial charge in [-0.2, -0.15) is 0 Å². The van der Waals surface area contributed by atoms with Gasteiger partial charge in [0.05, 0.1) is 6.42 Å². The van der Waals surface area contributed by atoms with Crippen LogP contribution in [0.4, 0.5) is 5.69 Å². The number of rotatable bonds is 8. The van der Waals surface area contributed by atoms with Crippen LogP contribution in [0.15, 0.2) is 54.6 Å². The zero-order valence-corrected chi connectivity index (χ0v) is 13.7. The topological polar surface area (TPSA) is 95.5 Å². The predicted octanol–water partition coefficient (Wildman–Crippen LogP) is 2.46. The van der Waals surface area contributed by atoms with Crippen LogP contribution in [0.5, 0.6) is 0 Å². The number of carboxylic acid groups (broad SMARTS) is 1. The van der Waals surface area contributed by atoms with Gasteiger partial charge in [-0.25, -0.2) is 0 Å². The minimum atomic E-state index is -1.02. The molecule has 0 aliphatic carbocycles. The smallest absolute Gasteiger partial charge is 0.303 e. The number of carboxylic acids is 1. The Morgan fingerprint density at radius 3 is 2.20 bits per heavy atom. The van der Waals surface area contributed by atoms with Crippen molar-refractivity contribution in [2.75, 3.05) is 11.9 Å². The van der Waals surface area contributed by atoms with Crippen LogP contribution in [0, 0.1) is 0 Å². The standard InChI is InChI=1S/C19H20N2O4/c22-17(10-11-18(23)24)21-16-8-6-15(7-9-16)19(25)20-13-12-14-4-2-1-3-5-14/h1-9H,10-13H2,(H,20,25)(H,21,22)(H,23,24). The Hall–Kier alpha value is -3.15. The summed E-state index contributed by atoms with van der Waals surface area (Å²) in [5.41, 5.74) is 2.18. The Morgan fingerprint density at radius 1 is 0.880 bits per heavy atom. The third-order valence-corrected chi connectivity index (χ3v) is 3.54. The van der Waals surface area contributed by atoms with Crippen LogP contribution >= 0.6 is 0 Å². The van der Waals surface area contributed by atoms with Crippen molar-refractivity contribution in [1.82, 2.24) is 5.32 Å². The summed E-state index contributed by atoms with van der Waals surface area (Å²) in [5.74, 6) is -1.57. The van der Waals surface area contributed by atoms with Gasteiger partial charge in [-0.15, -0.1) is 0 Å². The summed E-state index contributed by atoms with van der Waals surface area (Å²) in [5, 5.41) is 14.0. The molecule has 6 nitrogen and oxygen atoms in total. The van der Waals surface area contributed by atoms with Gasteiger partial charge in [-0.1, -0.05) is 30.3 Å². The van der Waals surface area contributed by atoms with Crippen LogP contribution < -0.4 is 10.6 Å². The molecular weight excluding hydrogens is 320 g/mol. The highest BCUT2D eigenvalue weighted by atomic mass is 16.4. The van der Waals surface area contributed by atoms with Crippen molar-refractivity contribution in [3.8, 4) is 0 Å². The van der Waals surface area contributed by atoms with E-state index >= 15 is 0 Å². The van der Waals surface area contributed by atoms with E-state index in [0.717, 1.165) is 12.0 Å². The molecule has 0 spiro atoms. The second kappa shape index (κ2) is 9.22. The van der Waals surface area contributed by atoms with Crippen LogP contribution in [0.25, 0.3) is 0 Å². The van der Waals surface area contributed by atoms with Crippen molar-refractivity contribution >= 4 is 23.5 Å². The van der Waals surface area contributed by atoms with Crippen LogP contribution in [-0.4, -0.2) is 29.4 Å². The van der Waals surface area contributed by atoms with Gasteiger partial charge in [0.1, 0.15) is 0 Å². The van der Waals surface area contributed by atoms with E-state index in [-0.39, 0.29) is 24.7 Å². The molecule has 0 atom stereocenters. The van der Waals surface area contributed by atoms with E-state index < -0.39 is 5.97 Å².